The molecule has 0 bridgehead atoms. The van der Waals surface area contributed by atoms with Gasteiger partial charge < -0.3 is 15.5 Å². The third-order valence-electron chi connectivity index (χ3n) is 2.78. The minimum absolute atomic E-state index is 0.0696. The third-order valence-corrected chi connectivity index (χ3v) is 2.78. The molecule has 102 valence electrons. The molecule has 0 fully saturated rings. The van der Waals surface area contributed by atoms with E-state index in [0.29, 0.717) is 5.69 Å². The highest BCUT2D eigenvalue weighted by Gasteiger charge is 2.13. The average molecular weight is 272 g/mol. The van der Waals surface area contributed by atoms with Crippen LogP contribution in [0.3, 0.4) is 0 Å². The number of anilines is 1. The molecular formula is C14H12N2O4. The molecule has 2 aromatic rings. The molecule has 0 aliphatic rings. The molecule has 0 atom stereocenters. The lowest BCUT2D eigenvalue weighted by Gasteiger charge is -2.10. The van der Waals surface area contributed by atoms with Gasteiger partial charge in [0, 0.05) is 11.9 Å². The molecule has 1 heterocycles. The summed E-state index contributed by atoms with van der Waals surface area (Å²) >= 11 is 0. The van der Waals surface area contributed by atoms with Crippen molar-refractivity contribution >= 4 is 17.6 Å². The molecule has 3 N–H and O–H groups in total. The van der Waals surface area contributed by atoms with Gasteiger partial charge in [-0.2, -0.15) is 0 Å². The standard InChI is InChI=1S/C14H12N2O4/c1-8-2-3-9(14(19)20)6-11(8)16-13(18)10-4-5-15-7-12(10)17/h2-7,17H,1H3,(H,16,18)(H,19,20). The van der Waals surface area contributed by atoms with Gasteiger partial charge in [-0.3, -0.25) is 9.78 Å². The maximum atomic E-state index is 12.0. The Balaban J connectivity index is 2.30. The Kier molecular flexibility index (Phi) is 3.65. The number of aromatic nitrogens is 1. The summed E-state index contributed by atoms with van der Waals surface area (Å²) in [6.07, 6.45) is 2.55. The SMILES string of the molecule is Cc1ccc(C(=O)O)cc1NC(=O)c1ccncc1O. The number of aromatic hydroxyl groups is 1. The van der Waals surface area contributed by atoms with Crippen LogP contribution in [-0.2, 0) is 0 Å². The Morgan fingerprint density at radius 3 is 2.65 bits per heavy atom. The highest BCUT2D eigenvalue weighted by molar-refractivity contribution is 6.06. The fraction of sp³-hybridized carbons (Fsp3) is 0.0714. The molecule has 6 heteroatoms. The number of carbonyl (C=O) groups is 2. The van der Waals surface area contributed by atoms with E-state index in [0.717, 1.165) is 11.8 Å². The van der Waals surface area contributed by atoms with Gasteiger partial charge in [0.25, 0.3) is 5.91 Å². The Hall–Kier alpha value is -2.89. The van der Waals surface area contributed by atoms with Crippen molar-refractivity contribution in [1.29, 1.82) is 0 Å². The highest BCUT2D eigenvalue weighted by atomic mass is 16.4. The molecule has 0 saturated carbocycles. The van der Waals surface area contributed by atoms with Gasteiger partial charge in [-0.1, -0.05) is 6.07 Å². The lowest BCUT2D eigenvalue weighted by Crippen LogP contribution is -2.13. The predicted molar refractivity (Wildman–Crippen MR) is 72.0 cm³/mol. The molecule has 0 aliphatic carbocycles. The van der Waals surface area contributed by atoms with Crippen LogP contribution < -0.4 is 5.32 Å². The second-order valence-electron chi connectivity index (χ2n) is 4.18. The first-order chi connectivity index (χ1) is 9.49. The van der Waals surface area contributed by atoms with Crippen molar-refractivity contribution < 1.29 is 19.8 Å². The van der Waals surface area contributed by atoms with Crippen LogP contribution in [0.4, 0.5) is 5.69 Å². The molecule has 1 aromatic heterocycles. The van der Waals surface area contributed by atoms with Crippen LogP contribution in [0.5, 0.6) is 5.75 Å². The summed E-state index contributed by atoms with van der Waals surface area (Å²) in [5.74, 6) is -1.85. The Bertz CT molecular complexity index is 683. The van der Waals surface area contributed by atoms with E-state index in [-0.39, 0.29) is 16.9 Å². The zero-order valence-corrected chi connectivity index (χ0v) is 10.6. The zero-order valence-electron chi connectivity index (χ0n) is 10.6. The molecule has 1 amide bonds. The van der Waals surface area contributed by atoms with E-state index < -0.39 is 11.9 Å². The smallest absolute Gasteiger partial charge is 0.335 e. The van der Waals surface area contributed by atoms with E-state index in [1.165, 1.54) is 24.4 Å². The van der Waals surface area contributed by atoms with Crippen molar-refractivity contribution in [1.82, 2.24) is 4.98 Å². The van der Waals surface area contributed by atoms with Gasteiger partial charge in [0.1, 0.15) is 5.75 Å². The number of carboxylic acids is 1. The molecule has 0 spiro atoms. The number of nitrogens with zero attached hydrogens (tertiary/aromatic N) is 1. The molecule has 0 aliphatic heterocycles. The van der Waals surface area contributed by atoms with Crippen molar-refractivity contribution in [3.8, 4) is 5.75 Å². The largest absolute Gasteiger partial charge is 0.505 e. The number of carbonyl (C=O) groups excluding carboxylic acids is 1. The number of hydrogen-bond donors (Lipinski definition) is 3. The fourth-order valence-electron chi connectivity index (χ4n) is 1.66. The molecular weight excluding hydrogens is 260 g/mol. The molecule has 0 unspecified atom stereocenters. The summed E-state index contributed by atoms with van der Waals surface area (Å²) in [5, 5.41) is 21.1. The molecule has 1 aromatic carbocycles. The lowest BCUT2D eigenvalue weighted by atomic mass is 10.1. The third kappa shape index (κ3) is 2.74. The number of aryl methyl sites for hydroxylation is 1. The first kappa shape index (κ1) is 13.5. The van der Waals surface area contributed by atoms with Gasteiger partial charge in [0.2, 0.25) is 0 Å². The van der Waals surface area contributed by atoms with E-state index in [4.69, 9.17) is 5.11 Å². The van der Waals surface area contributed by atoms with Crippen LogP contribution in [0.2, 0.25) is 0 Å². The Morgan fingerprint density at radius 2 is 2.00 bits per heavy atom. The van der Waals surface area contributed by atoms with E-state index >= 15 is 0 Å². The minimum Gasteiger partial charge on any atom is -0.505 e. The second kappa shape index (κ2) is 5.40. The molecule has 2 rings (SSSR count). The number of hydrogen-bond acceptors (Lipinski definition) is 4. The summed E-state index contributed by atoms with van der Waals surface area (Å²) in [6.45, 7) is 1.74. The van der Waals surface area contributed by atoms with Crippen LogP contribution in [0.1, 0.15) is 26.3 Å². The number of aromatic carboxylic acids is 1. The van der Waals surface area contributed by atoms with E-state index in [9.17, 15) is 14.7 Å². The van der Waals surface area contributed by atoms with E-state index in [1.807, 2.05) is 0 Å². The van der Waals surface area contributed by atoms with E-state index in [1.54, 1.807) is 13.0 Å². The van der Waals surface area contributed by atoms with Crippen molar-refractivity contribution in [2.75, 3.05) is 5.32 Å². The first-order valence-electron chi connectivity index (χ1n) is 5.77. The van der Waals surface area contributed by atoms with Gasteiger partial charge >= 0.3 is 5.97 Å². The second-order valence-corrected chi connectivity index (χ2v) is 4.18. The van der Waals surface area contributed by atoms with Gasteiger partial charge in [-0.05, 0) is 30.7 Å². The van der Waals surface area contributed by atoms with Crippen molar-refractivity contribution in [2.45, 2.75) is 6.92 Å². The Morgan fingerprint density at radius 1 is 1.25 bits per heavy atom. The summed E-state index contributed by atoms with van der Waals surface area (Å²) in [6, 6.07) is 5.80. The monoisotopic (exact) mass is 272 g/mol. The number of pyridine rings is 1. The number of amides is 1. The maximum absolute atomic E-state index is 12.0. The molecule has 20 heavy (non-hydrogen) atoms. The maximum Gasteiger partial charge on any atom is 0.335 e. The molecule has 0 radical (unpaired) electrons. The normalized spacial score (nSPS) is 10.1. The van der Waals surface area contributed by atoms with Gasteiger partial charge in [0.15, 0.2) is 0 Å². The minimum atomic E-state index is -1.08. The number of rotatable bonds is 3. The summed E-state index contributed by atoms with van der Waals surface area (Å²) < 4.78 is 0. The first-order valence-corrected chi connectivity index (χ1v) is 5.77. The number of benzene rings is 1. The average Bonchev–Trinajstić information content (AvgIpc) is 2.41. The van der Waals surface area contributed by atoms with E-state index in [2.05, 4.69) is 10.3 Å². The van der Waals surface area contributed by atoms with Crippen LogP contribution in [0.25, 0.3) is 0 Å². The van der Waals surface area contributed by atoms with Crippen molar-refractivity contribution in [3.63, 3.8) is 0 Å². The van der Waals surface area contributed by atoms with Gasteiger partial charge in [-0.15, -0.1) is 0 Å². The quantitative estimate of drug-likeness (QED) is 0.794. The van der Waals surface area contributed by atoms with Crippen LogP contribution >= 0.6 is 0 Å². The number of carboxylic acid groups (broad SMARTS) is 1. The summed E-state index contributed by atoms with van der Waals surface area (Å²) in [7, 11) is 0. The van der Waals surface area contributed by atoms with Crippen LogP contribution in [-0.4, -0.2) is 27.1 Å². The van der Waals surface area contributed by atoms with Gasteiger partial charge in [0.05, 0.1) is 17.3 Å². The highest BCUT2D eigenvalue weighted by Crippen LogP contribution is 2.20. The van der Waals surface area contributed by atoms with Crippen LogP contribution in [0, 0.1) is 6.92 Å². The zero-order chi connectivity index (χ0) is 14.7. The number of nitrogens with one attached hydrogen (secondary N) is 1. The molecule has 6 nitrogen and oxygen atoms in total. The van der Waals surface area contributed by atoms with Crippen molar-refractivity contribution in [3.05, 3.63) is 53.3 Å². The topological polar surface area (TPSA) is 99.5 Å². The van der Waals surface area contributed by atoms with Crippen molar-refractivity contribution in [2.24, 2.45) is 0 Å². The Labute approximate surface area is 114 Å². The summed E-state index contributed by atoms with van der Waals surface area (Å²) in [5.41, 5.74) is 1.24. The lowest BCUT2D eigenvalue weighted by molar-refractivity contribution is 0.0696. The molecule has 0 saturated heterocycles. The fourth-order valence-corrected chi connectivity index (χ4v) is 1.66. The van der Waals surface area contributed by atoms with Gasteiger partial charge in [-0.25, -0.2) is 4.79 Å². The summed E-state index contributed by atoms with van der Waals surface area (Å²) in [4.78, 5) is 26.6. The van der Waals surface area contributed by atoms with Crippen LogP contribution in [0.15, 0.2) is 36.7 Å². The predicted octanol–water partition coefficient (Wildman–Crippen LogP) is 2.05.